The van der Waals surface area contributed by atoms with Gasteiger partial charge in [-0.25, -0.2) is 0 Å². The third-order valence-corrected chi connectivity index (χ3v) is 5.27. The van der Waals surface area contributed by atoms with Gasteiger partial charge in [0.25, 0.3) is 0 Å². The standard InChI is InChI=1S/C14H17Cl2NOS/c15-9-7-11-13(17-10-2-5-19-6-3-10)1-4-18-14(11)12(16)8-9/h7-8,10,13,17H,1-6H2. The molecule has 0 saturated carbocycles. The Kier molecular flexibility index (Phi) is 4.47. The van der Waals surface area contributed by atoms with Crippen molar-refractivity contribution in [3.8, 4) is 5.75 Å². The number of rotatable bonds is 2. The van der Waals surface area contributed by atoms with Crippen LogP contribution in [0.25, 0.3) is 0 Å². The van der Waals surface area contributed by atoms with Crippen LogP contribution in [0.2, 0.25) is 10.0 Å². The van der Waals surface area contributed by atoms with Crippen molar-refractivity contribution in [2.75, 3.05) is 18.1 Å². The van der Waals surface area contributed by atoms with E-state index in [9.17, 15) is 0 Å². The molecule has 0 aliphatic carbocycles. The summed E-state index contributed by atoms with van der Waals surface area (Å²) in [7, 11) is 0. The fourth-order valence-electron chi connectivity index (χ4n) is 2.75. The number of ether oxygens (including phenoxy) is 1. The molecule has 104 valence electrons. The van der Waals surface area contributed by atoms with Crippen molar-refractivity contribution in [3.05, 3.63) is 27.7 Å². The molecule has 0 aromatic heterocycles. The lowest BCUT2D eigenvalue weighted by Gasteiger charge is -2.32. The Balaban J connectivity index is 1.81. The average Bonchev–Trinajstić information content (AvgIpc) is 2.41. The van der Waals surface area contributed by atoms with Gasteiger partial charge >= 0.3 is 0 Å². The van der Waals surface area contributed by atoms with Crippen molar-refractivity contribution in [1.29, 1.82) is 0 Å². The maximum absolute atomic E-state index is 6.21. The predicted molar refractivity (Wildman–Crippen MR) is 82.8 cm³/mol. The summed E-state index contributed by atoms with van der Waals surface area (Å²) in [5.41, 5.74) is 1.11. The molecular formula is C14H17Cl2NOS. The number of halogens is 2. The highest BCUT2D eigenvalue weighted by atomic mass is 35.5. The first kappa shape index (κ1) is 13.9. The van der Waals surface area contributed by atoms with Gasteiger partial charge in [0.1, 0.15) is 5.75 Å². The molecule has 1 aromatic carbocycles. The average molecular weight is 318 g/mol. The zero-order valence-corrected chi connectivity index (χ0v) is 13.0. The summed E-state index contributed by atoms with van der Waals surface area (Å²) in [6.07, 6.45) is 3.46. The summed E-state index contributed by atoms with van der Waals surface area (Å²) < 4.78 is 5.69. The van der Waals surface area contributed by atoms with Gasteiger partial charge in [0.05, 0.1) is 11.6 Å². The van der Waals surface area contributed by atoms with Gasteiger partial charge in [-0.15, -0.1) is 0 Å². The number of hydrogen-bond acceptors (Lipinski definition) is 3. The zero-order valence-electron chi connectivity index (χ0n) is 10.6. The smallest absolute Gasteiger partial charge is 0.142 e. The molecular weight excluding hydrogens is 301 g/mol. The van der Waals surface area contributed by atoms with Gasteiger partial charge in [-0.3, -0.25) is 0 Å². The third kappa shape index (κ3) is 3.15. The van der Waals surface area contributed by atoms with E-state index in [-0.39, 0.29) is 0 Å². The Morgan fingerprint density at radius 2 is 1.95 bits per heavy atom. The molecule has 0 amide bonds. The van der Waals surface area contributed by atoms with Crippen LogP contribution in [-0.2, 0) is 0 Å². The Bertz CT molecular complexity index is 463. The number of fused-ring (bicyclic) bond motifs is 1. The monoisotopic (exact) mass is 317 g/mol. The Hall–Kier alpha value is -0.0900. The second-order valence-electron chi connectivity index (χ2n) is 5.05. The Morgan fingerprint density at radius 3 is 2.74 bits per heavy atom. The highest BCUT2D eigenvalue weighted by molar-refractivity contribution is 7.99. The van der Waals surface area contributed by atoms with Crippen molar-refractivity contribution in [2.24, 2.45) is 0 Å². The van der Waals surface area contributed by atoms with Crippen molar-refractivity contribution >= 4 is 35.0 Å². The molecule has 1 unspecified atom stereocenters. The van der Waals surface area contributed by atoms with Crippen LogP contribution in [0.1, 0.15) is 30.9 Å². The molecule has 0 spiro atoms. The third-order valence-electron chi connectivity index (χ3n) is 3.72. The van der Waals surface area contributed by atoms with Gasteiger partial charge in [-0.2, -0.15) is 11.8 Å². The number of thioether (sulfide) groups is 1. The fraction of sp³-hybridized carbons (Fsp3) is 0.571. The minimum Gasteiger partial charge on any atom is -0.492 e. The summed E-state index contributed by atoms with van der Waals surface area (Å²) in [6, 6.07) is 4.65. The second-order valence-corrected chi connectivity index (χ2v) is 7.12. The van der Waals surface area contributed by atoms with Gasteiger partial charge in [0.15, 0.2) is 0 Å². The van der Waals surface area contributed by atoms with Crippen LogP contribution in [-0.4, -0.2) is 24.2 Å². The molecule has 2 heterocycles. The van der Waals surface area contributed by atoms with Gasteiger partial charge in [0, 0.05) is 29.1 Å². The van der Waals surface area contributed by atoms with Crippen LogP contribution < -0.4 is 10.1 Å². The molecule has 5 heteroatoms. The molecule has 0 radical (unpaired) electrons. The van der Waals surface area contributed by atoms with Crippen molar-refractivity contribution in [2.45, 2.75) is 31.3 Å². The molecule has 0 bridgehead atoms. The second kappa shape index (κ2) is 6.13. The quantitative estimate of drug-likeness (QED) is 0.878. The van der Waals surface area contributed by atoms with Crippen LogP contribution in [0.5, 0.6) is 5.75 Å². The summed E-state index contributed by atoms with van der Waals surface area (Å²) in [6.45, 7) is 0.716. The van der Waals surface area contributed by atoms with Gasteiger partial charge in [-0.1, -0.05) is 23.2 Å². The van der Waals surface area contributed by atoms with E-state index in [1.165, 1.54) is 24.3 Å². The predicted octanol–water partition coefficient (Wildman–Crippen LogP) is 4.30. The van der Waals surface area contributed by atoms with Crippen LogP contribution >= 0.6 is 35.0 Å². The molecule has 1 aromatic rings. The fourth-order valence-corrected chi connectivity index (χ4v) is 4.42. The molecule has 1 saturated heterocycles. The number of benzene rings is 1. The maximum atomic E-state index is 6.21. The normalized spacial score (nSPS) is 23.8. The summed E-state index contributed by atoms with van der Waals surface area (Å²) in [5.74, 6) is 3.31. The summed E-state index contributed by atoms with van der Waals surface area (Å²) >= 11 is 14.4. The van der Waals surface area contributed by atoms with E-state index in [4.69, 9.17) is 27.9 Å². The van der Waals surface area contributed by atoms with E-state index in [1.54, 1.807) is 6.07 Å². The lowest BCUT2D eigenvalue weighted by molar-refractivity contribution is 0.241. The molecule has 1 N–H and O–H groups in total. The van der Waals surface area contributed by atoms with Crippen LogP contribution in [0.4, 0.5) is 0 Å². The Labute approximate surface area is 128 Å². The zero-order chi connectivity index (χ0) is 13.2. The number of hydrogen-bond donors (Lipinski definition) is 1. The first-order valence-corrected chi connectivity index (χ1v) is 8.60. The molecule has 2 nitrogen and oxygen atoms in total. The van der Waals surface area contributed by atoms with E-state index in [0.29, 0.717) is 28.7 Å². The van der Waals surface area contributed by atoms with Crippen LogP contribution in [0.3, 0.4) is 0 Å². The van der Waals surface area contributed by atoms with E-state index in [2.05, 4.69) is 5.32 Å². The minimum absolute atomic E-state index is 0.313. The van der Waals surface area contributed by atoms with Crippen molar-refractivity contribution < 1.29 is 4.74 Å². The molecule has 3 rings (SSSR count). The lowest BCUT2D eigenvalue weighted by Crippen LogP contribution is -2.37. The highest BCUT2D eigenvalue weighted by Crippen LogP contribution is 2.40. The van der Waals surface area contributed by atoms with E-state index < -0.39 is 0 Å². The van der Waals surface area contributed by atoms with Gasteiger partial charge in [-0.05, 0) is 36.5 Å². The van der Waals surface area contributed by atoms with Crippen LogP contribution in [0.15, 0.2) is 12.1 Å². The van der Waals surface area contributed by atoms with E-state index >= 15 is 0 Å². The summed E-state index contributed by atoms with van der Waals surface area (Å²) in [5, 5.41) is 5.06. The van der Waals surface area contributed by atoms with E-state index in [0.717, 1.165) is 17.7 Å². The minimum atomic E-state index is 0.313. The molecule has 19 heavy (non-hydrogen) atoms. The SMILES string of the molecule is Clc1cc(Cl)c2c(c1)C(NC1CCSCC1)CCO2. The number of nitrogens with one attached hydrogen (secondary N) is 1. The molecule has 2 aliphatic heterocycles. The topological polar surface area (TPSA) is 21.3 Å². The maximum Gasteiger partial charge on any atom is 0.142 e. The Morgan fingerprint density at radius 1 is 1.16 bits per heavy atom. The lowest BCUT2D eigenvalue weighted by atomic mass is 9.98. The van der Waals surface area contributed by atoms with Gasteiger partial charge in [0.2, 0.25) is 0 Å². The van der Waals surface area contributed by atoms with Crippen LogP contribution in [0, 0.1) is 0 Å². The van der Waals surface area contributed by atoms with Crippen molar-refractivity contribution in [3.63, 3.8) is 0 Å². The van der Waals surface area contributed by atoms with Gasteiger partial charge < -0.3 is 10.1 Å². The molecule has 1 atom stereocenters. The summed E-state index contributed by atoms with van der Waals surface area (Å²) in [4.78, 5) is 0. The first-order valence-electron chi connectivity index (χ1n) is 6.69. The van der Waals surface area contributed by atoms with E-state index in [1.807, 2.05) is 17.8 Å². The van der Waals surface area contributed by atoms with Crippen molar-refractivity contribution in [1.82, 2.24) is 5.32 Å². The largest absolute Gasteiger partial charge is 0.492 e. The first-order chi connectivity index (χ1) is 9.24. The highest BCUT2D eigenvalue weighted by Gasteiger charge is 2.26. The molecule has 2 aliphatic rings. The molecule has 1 fully saturated rings.